The summed E-state index contributed by atoms with van der Waals surface area (Å²) in [5, 5.41) is 14.7. The Bertz CT molecular complexity index is 993. The molecule has 9 nitrogen and oxygen atoms in total. The Labute approximate surface area is 192 Å². The lowest BCUT2D eigenvalue weighted by atomic mass is 10.0. The van der Waals surface area contributed by atoms with E-state index in [4.69, 9.17) is 10.3 Å². The summed E-state index contributed by atoms with van der Waals surface area (Å²) in [6, 6.07) is 11.8. The summed E-state index contributed by atoms with van der Waals surface area (Å²) in [5.74, 6) is -1.13. The van der Waals surface area contributed by atoms with Crippen molar-refractivity contribution < 1.29 is 29.0 Å². The molecular weight excluding hydrogens is 515 g/mol. The van der Waals surface area contributed by atoms with E-state index < -0.39 is 29.9 Å². The van der Waals surface area contributed by atoms with E-state index in [0.29, 0.717) is 15.3 Å². The lowest BCUT2D eigenvalue weighted by Crippen LogP contribution is -2.52. The molecule has 0 spiro atoms. The van der Waals surface area contributed by atoms with Gasteiger partial charge >= 0.3 is 12.3 Å². The summed E-state index contributed by atoms with van der Waals surface area (Å²) >= 11 is 1.95. The third-order valence-corrected chi connectivity index (χ3v) is 5.11. The molecule has 162 valence electrons. The minimum Gasteiger partial charge on any atom is -0.507 e. The molecule has 0 saturated heterocycles. The number of amides is 2. The van der Waals surface area contributed by atoms with Gasteiger partial charge in [0.25, 0.3) is 5.78 Å². The normalized spacial score (nSPS) is 12.1. The number of nitrogens with one attached hydrogen (secondary N) is 2. The molecule has 0 aliphatic carbocycles. The Morgan fingerprint density at radius 3 is 2.52 bits per heavy atom. The summed E-state index contributed by atoms with van der Waals surface area (Å²) in [5.41, 5.74) is 9.95. The van der Waals surface area contributed by atoms with E-state index >= 15 is 0 Å². The fraction of sp³-hybridized carbons (Fsp3) is 0.238. The smallest absolute Gasteiger partial charge is 0.408 e. The molecule has 2 rings (SSSR count). The zero-order chi connectivity index (χ0) is 22.8. The van der Waals surface area contributed by atoms with Crippen molar-refractivity contribution in [3.05, 3.63) is 68.8 Å². The minimum atomic E-state index is -1.05. The number of ketones is 1. The highest BCUT2D eigenvalue weighted by atomic mass is 127. The summed E-state index contributed by atoms with van der Waals surface area (Å²) in [4.78, 5) is 39.4. The predicted molar refractivity (Wildman–Crippen MR) is 120 cm³/mol. The van der Waals surface area contributed by atoms with Crippen LogP contribution in [-0.2, 0) is 27.4 Å². The lowest BCUT2D eigenvalue weighted by molar-refractivity contribution is -0.127. The van der Waals surface area contributed by atoms with Crippen LogP contribution in [0.25, 0.3) is 5.53 Å². The van der Waals surface area contributed by atoms with E-state index in [1.807, 2.05) is 40.8 Å². The average Bonchev–Trinajstić information content (AvgIpc) is 2.75. The number of aromatic hydroxyl groups is 1. The Balaban J connectivity index is 2.10. The molecule has 0 aliphatic heterocycles. The van der Waals surface area contributed by atoms with Crippen LogP contribution in [0.1, 0.15) is 18.1 Å². The molecule has 0 aliphatic rings. The second kappa shape index (κ2) is 11.8. The van der Waals surface area contributed by atoms with Gasteiger partial charge in [-0.2, -0.15) is 4.79 Å². The molecule has 2 aromatic carbocycles. The van der Waals surface area contributed by atoms with Crippen LogP contribution in [0.5, 0.6) is 5.75 Å². The molecule has 0 fully saturated rings. The SMILES string of the molecule is C[C@H](NC(=O)[C@H](Cc1ccc(O)c(I)c1)NC(=O)OCc1ccccc1)C(=O)C=[N+]=[N-]. The predicted octanol–water partition coefficient (Wildman–Crippen LogP) is 2.21. The van der Waals surface area contributed by atoms with Crippen molar-refractivity contribution in [1.29, 1.82) is 0 Å². The first-order valence-electron chi connectivity index (χ1n) is 9.26. The van der Waals surface area contributed by atoms with Crippen molar-refractivity contribution in [3.63, 3.8) is 0 Å². The molecule has 2 aromatic rings. The first kappa shape index (κ1) is 24.0. The maximum Gasteiger partial charge on any atom is 0.408 e. The summed E-state index contributed by atoms with van der Waals surface area (Å²) < 4.78 is 5.77. The average molecular weight is 536 g/mol. The van der Waals surface area contributed by atoms with Gasteiger partial charge in [0.1, 0.15) is 18.4 Å². The van der Waals surface area contributed by atoms with Crippen molar-refractivity contribution in [2.75, 3.05) is 0 Å². The van der Waals surface area contributed by atoms with Crippen molar-refractivity contribution in [3.8, 4) is 5.75 Å². The van der Waals surface area contributed by atoms with Crippen molar-refractivity contribution >= 4 is 46.6 Å². The lowest BCUT2D eigenvalue weighted by Gasteiger charge is -2.20. The van der Waals surface area contributed by atoms with Crippen LogP contribution < -0.4 is 10.6 Å². The Morgan fingerprint density at radius 1 is 1.16 bits per heavy atom. The van der Waals surface area contributed by atoms with Crippen LogP contribution in [0, 0.1) is 3.57 Å². The summed E-state index contributed by atoms with van der Waals surface area (Å²) in [7, 11) is 0. The Morgan fingerprint density at radius 2 is 1.87 bits per heavy atom. The van der Waals surface area contributed by atoms with Crippen molar-refractivity contribution in [2.45, 2.75) is 32.0 Å². The number of Topliss-reactive ketones (excluding diaryl/α,β-unsaturated/α-hetero) is 1. The second-order valence-electron chi connectivity index (χ2n) is 6.63. The molecule has 0 bridgehead atoms. The van der Waals surface area contributed by atoms with Gasteiger partial charge < -0.3 is 26.0 Å². The first-order chi connectivity index (χ1) is 14.8. The van der Waals surface area contributed by atoms with Crippen LogP contribution in [0.2, 0.25) is 0 Å². The molecule has 31 heavy (non-hydrogen) atoms. The van der Waals surface area contributed by atoms with Gasteiger partial charge in [-0.3, -0.25) is 9.59 Å². The fourth-order valence-corrected chi connectivity index (χ4v) is 3.16. The number of carbonyl (C=O) groups excluding carboxylic acids is 3. The van der Waals surface area contributed by atoms with Gasteiger partial charge in [0.2, 0.25) is 5.91 Å². The monoisotopic (exact) mass is 536 g/mol. The molecule has 0 aromatic heterocycles. The van der Waals surface area contributed by atoms with Gasteiger partial charge in [-0.25, -0.2) is 4.79 Å². The molecular formula is C21H21IN4O5. The second-order valence-corrected chi connectivity index (χ2v) is 7.79. The largest absolute Gasteiger partial charge is 0.507 e. The highest BCUT2D eigenvalue weighted by Gasteiger charge is 2.26. The number of hydrogen-bond donors (Lipinski definition) is 3. The van der Waals surface area contributed by atoms with E-state index in [0.717, 1.165) is 5.56 Å². The van der Waals surface area contributed by atoms with Crippen LogP contribution in [0.3, 0.4) is 0 Å². The molecule has 0 heterocycles. The van der Waals surface area contributed by atoms with Gasteiger partial charge in [-0.05, 0) is 52.8 Å². The number of rotatable bonds is 9. The van der Waals surface area contributed by atoms with Gasteiger partial charge in [-0.15, -0.1) is 0 Å². The maximum atomic E-state index is 12.7. The Kier molecular flexibility index (Phi) is 9.16. The molecule has 0 unspecified atom stereocenters. The van der Waals surface area contributed by atoms with E-state index in [-0.39, 0.29) is 18.8 Å². The standard InChI is InChI=1S/C21H21IN4O5/c1-13(19(28)11-24-23)25-20(29)17(10-15-7-8-18(27)16(22)9-15)26-21(30)31-12-14-5-3-2-4-6-14/h2-9,11,13,17,27H,10,12H2,1H3,(H,25,29)(H,26,30)/t13-,17-/m0/s1. The molecule has 3 N–H and O–H groups in total. The number of phenolic OH excluding ortho intramolecular Hbond substituents is 1. The Hall–Kier alpha value is -3.24. The molecule has 0 saturated carbocycles. The highest BCUT2D eigenvalue weighted by Crippen LogP contribution is 2.21. The minimum absolute atomic E-state index is 0.0278. The molecule has 10 heteroatoms. The van der Waals surface area contributed by atoms with Gasteiger partial charge in [0, 0.05) is 6.42 Å². The van der Waals surface area contributed by atoms with Gasteiger partial charge in [0.05, 0.1) is 9.61 Å². The molecule has 2 amide bonds. The van der Waals surface area contributed by atoms with Crippen LogP contribution in [0.15, 0.2) is 48.5 Å². The number of alkyl carbamates (subject to hydrolysis) is 1. The number of carbonyl (C=O) groups is 3. The summed E-state index contributed by atoms with van der Waals surface area (Å²) in [6.45, 7) is 1.45. The maximum absolute atomic E-state index is 12.7. The highest BCUT2D eigenvalue weighted by molar-refractivity contribution is 14.1. The van der Waals surface area contributed by atoms with Crippen LogP contribution in [-0.4, -0.2) is 46.0 Å². The van der Waals surface area contributed by atoms with E-state index in [9.17, 15) is 19.5 Å². The third kappa shape index (κ3) is 7.83. The van der Waals surface area contributed by atoms with E-state index in [1.165, 1.54) is 13.0 Å². The van der Waals surface area contributed by atoms with Crippen LogP contribution >= 0.6 is 22.6 Å². The van der Waals surface area contributed by atoms with Crippen LogP contribution in [0.4, 0.5) is 4.79 Å². The zero-order valence-electron chi connectivity index (χ0n) is 16.6. The van der Waals surface area contributed by atoms with E-state index in [1.54, 1.807) is 24.3 Å². The van der Waals surface area contributed by atoms with Crippen molar-refractivity contribution in [1.82, 2.24) is 10.6 Å². The van der Waals surface area contributed by atoms with E-state index in [2.05, 4.69) is 15.4 Å². The number of phenols is 1. The number of ether oxygens (including phenoxy) is 1. The van der Waals surface area contributed by atoms with Gasteiger partial charge in [0.15, 0.2) is 0 Å². The fourth-order valence-electron chi connectivity index (χ4n) is 2.58. The topological polar surface area (TPSA) is 141 Å². The number of halogens is 1. The first-order valence-corrected chi connectivity index (χ1v) is 10.3. The molecule has 2 atom stereocenters. The summed E-state index contributed by atoms with van der Waals surface area (Å²) in [6.07, 6.45) is -0.0186. The number of hydrogen-bond acceptors (Lipinski definition) is 5. The zero-order valence-corrected chi connectivity index (χ0v) is 18.8. The number of nitrogens with zero attached hydrogens (tertiary/aromatic N) is 2. The van der Waals surface area contributed by atoms with Gasteiger partial charge in [-0.1, -0.05) is 36.4 Å². The third-order valence-electron chi connectivity index (χ3n) is 4.24. The quantitative estimate of drug-likeness (QED) is 0.195. The molecule has 0 radical (unpaired) electrons. The number of benzene rings is 2. The van der Waals surface area contributed by atoms with Crippen molar-refractivity contribution in [2.24, 2.45) is 0 Å².